The molecule has 0 aliphatic carbocycles. The lowest BCUT2D eigenvalue weighted by molar-refractivity contribution is 0.111. The number of anilines is 1. The van der Waals surface area contributed by atoms with Crippen LogP contribution in [0.2, 0.25) is 0 Å². The fourth-order valence-electron chi connectivity index (χ4n) is 2.81. The Hall–Kier alpha value is -0.880. The van der Waals surface area contributed by atoms with Gasteiger partial charge in [-0.1, -0.05) is 0 Å². The molecule has 1 aromatic carbocycles. The second-order valence-corrected chi connectivity index (χ2v) is 6.22. The quantitative estimate of drug-likeness (QED) is 0.756. The zero-order chi connectivity index (χ0) is 13.4. The minimum Gasteiger partial charge on any atom is -0.362 e. The molecule has 0 amide bonds. The van der Waals surface area contributed by atoms with E-state index in [4.69, 9.17) is 4.74 Å². The molecule has 0 unspecified atom stereocenters. The average Bonchev–Trinajstić information content (AvgIpc) is 2.85. The Morgan fingerprint density at radius 3 is 3.00 bits per heavy atom. The maximum atomic E-state index is 5.59. The summed E-state index contributed by atoms with van der Waals surface area (Å²) in [5.74, 6) is 0. The minimum atomic E-state index is 0.198. The molecule has 1 saturated heterocycles. The maximum absolute atomic E-state index is 5.59. The van der Waals surface area contributed by atoms with Gasteiger partial charge in [0.25, 0.3) is 0 Å². The molecule has 19 heavy (non-hydrogen) atoms. The summed E-state index contributed by atoms with van der Waals surface area (Å²) in [6.07, 6.45) is 2.49. The van der Waals surface area contributed by atoms with Crippen molar-refractivity contribution in [1.82, 2.24) is 4.98 Å². The highest BCUT2D eigenvalue weighted by atomic mass is 127. The number of halogens is 1. The van der Waals surface area contributed by atoms with Crippen LogP contribution in [0.15, 0.2) is 24.3 Å². The Bertz CT molecular complexity index is 609. The molecule has 1 aromatic heterocycles. The predicted octanol–water partition coefficient (Wildman–Crippen LogP) is 3.72. The summed E-state index contributed by atoms with van der Waals surface area (Å²) >= 11 is 2.33. The van der Waals surface area contributed by atoms with E-state index >= 15 is 0 Å². The zero-order valence-corrected chi connectivity index (χ0v) is 13.3. The third-order valence-electron chi connectivity index (χ3n) is 3.66. The van der Waals surface area contributed by atoms with Gasteiger partial charge in [-0.25, -0.2) is 0 Å². The SMILES string of the molecule is CO[C@@H]1CCCN1c1cc(C)nc2cc(I)ccc12. The summed E-state index contributed by atoms with van der Waals surface area (Å²) in [6, 6.07) is 8.63. The summed E-state index contributed by atoms with van der Waals surface area (Å²) in [5.41, 5.74) is 3.39. The second-order valence-electron chi connectivity index (χ2n) is 4.97. The van der Waals surface area contributed by atoms with Gasteiger partial charge in [0.2, 0.25) is 0 Å². The third kappa shape index (κ3) is 2.43. The Labute approximate surface area is 127 Å². The van der Waals surface area contributed by atoms with E-state index in [9.17, 15) is 0 Å². The highest BCUT2D eigenvalue weighted by Crippen LogP contribution is 2.33. The molecule has 2 heterocycles. The van der Waals surface area contributed by atoms with Crippen molar-refractivity contribution in [3.63, 3.8) is 0 Å². The van der Waals surface area contributed by atoms with Crippen molar-refractivity contribution in [1.29, 1.82) is 0 Å². The molecule has 1 aliphatic rings. The molecule has 0 radical (unpaired) electrons. The molecule has 2 aromatic rings. The summed E-state index contributed by atoms with van der Waals surface area (Å²) in [4.78, 5) is 7.01. The number of rotatable bonds is 2. The van der Waals surface area contributed by atoms with E-state index in [2.05, 4.69) is 63.7 Å². The normalized spacial score (nSPS) is 19.3. The van der Waals surface area contributed by atoms with Gasteiger partial charge in [0.1, 0.15) is 6.23 Å². The second kappa shape index (κ2) is 5.25. The fourth-order valence-corrected chi connectivity index (χ4v) is 3.28. The van der Waals surface area contributed by atoms with Crippen molar-refractivity contribution in [2.75, 3.05) is 18.6 Å². The van der Waals surface area contributed by atoms with Crippen LogP contribution in [0.1, 0.15) is 18.5 Å². The molecular formula is C15H17IN2O. The van der Waals surface area contributed by atoms with E-state index in [1.807, 2.05) is 0 Å². The standard InChI is InChI=1S/C15H17IN2O/c1-10-8-14(18-7-3-4-15(18)19-2)12-6-5-11(16)9-13(12)17-10/h5-6,8-9,15H,3-4,7H2,1-2H3/t15-/m1/s1. The van der Waals surface area contributed by atoms with Crippen LogP contribution in [0.25, 0.3) is 10.9 Å². The lowest BCUT2D eigenvalue weighted by Crippen LogP contribution is -2.30. The Morgan fingerprint density at radius 2 is 2.21 bits per heavy atom. The van der Waals surface area contributed by atoms with Gasteiger partial charge in [-0.2, -0.15) is 0 Å². The van der Waals surface area contributed by atoms with Gasteiger partial charge in [-0.05, 0) is 66.6 Å². The third-order valence-corrected chi connectivity index (χ3v) is 4.33. The van der Waals surface area contributed by atoms with Crippen LogP contribution in [-0.2, 0) is 4.74 Å². The topological polar surface area (TPSA) is 25.4 Å². The molecule has 1 aliphatic heterocycles. The number of fused-ring (bicyclic) bond motifs is 1. The molecule has 1 fully saturated rings. The first-order chi connectivity index (χ1) is 9.19. The molecule has 1 atom stereocenters. The van der Waals surface area contributed by atoms with Crippen molar-refractivity contribution in [3.05, 3.63) is 33.5 Å². The summed E-state index contributed by atoms with van der Waals surface area (Å²) in [6.45, 7) is 3.11. The molecule has 4 heteroatoms. The van der Waals surface area contributed by atoms with Gasteiger partial charge in [-0.15, -0.1) is 0 Å². The van der Waals surface area contributed by atoms with Crippen LogP contribution in [0.3, 0.4) is 0 Å². The van der Waals surface area contributed by atoms with E-state index in [1.165, 1.54) is 21.1 Å². The average molecular weight is 368 g/mol. The number of benzene rings is 1. The lowest BCUT2D eigenvalue weighted by atomic mass is 10.1. The number of hydrogen-bond donors (Lipinski definition) is 0. The van der Waals surface area contributed by atoms with Crippen LogP contribution >= 0.6 is 22.6 Å². The van der Waals surface area contributed by atoms with Crippen LogP contribution < -0.4 is 4.90 Å². The molecule has 3 nitrogen and oxygen atoms in total. The van der Waals surface area contributed by atoms with Crippen molar-refractivity contribution in [2.45, 2.75) is 26.0 Å². The Kier molecular flexibility index (Phi) is 3.62. The smallest absolute Gasteiger partial charge is 0.129 e. The van der Waals surface area contributed by atoms with Crippen LogP contribution in [0.4, 0.5) is 5.69 Å². The number of ether oxygens (including phenoxy) is 1. The van der Waals surface area contributed by atoms with E-state index in [0.717, 1.165) is 24.2 Å². The Balaban J connectivity index is 2.17. The molecule has 0 bridgehead atoms. The summed E-state index contributed by atoms with van der Waals surface area (Å²) < 4.78 is 6.82. The zero-order valence-electron chi connectivity index (χ0n) is 11.2. The lowest BCUT2D eigenvalue weighted by Gasteiger charge is -2.27. The molecule has 0 N–H and O–H groups in total. The summed E-state index contributed by atoms with van der Waals surface area (Å²) in [7, 11) is 1.79. The van der Waals surface area contributed by atoms with Gasteiger partial charge >= 0.3 is 0 Å². The minimum absolute atomic E-state index is 0.198. The van der Waals surface area contributed by atoms with Gasteiger partial charge in [-0.3, -0.25) is 4.98 Å². The highest BCUT2D eigenvalue weighted by molar-refractivity contribution is 14.1. The van der Waals surface area contributed by atoms with Crippen molar-refractivity contribution >= 4 is 39.2 Å². The molecule has 3 rings (SSSR count). The molecule has 100 valence electrons. The van der Waals surface area contributed by atoms with Crippen LogP contribution in [0.5, 0.6) is 0 Å². The molecular weight excluding hydrogens is 351 g/mol. The van der Waals surface area contributed by atoms with Gasteiger partial charge in [0, 0.05) is 34.0 Å². The monoisotopic (exact) mass is 368 g/mol. The number of aromatic nitrogens is 1. The largest absolute Gasteiger partial charge is 0.362 e. The van der Waals surface area contributed by atoms with Gasteiger partial charge in [0.15, 0.2) is 0 Å². The van der Waals surface area contributed by atoms with Crippen LogP contribution in [-0.4, -0.2) is 24.9 Å². The molecule has 0 spiro atoms. The first-order valence-electron chi connectivity index (χ1n) is 6.55. The van der Waals surface area contributed by atoms with Crippen molar-refractivity contribution in [2.24, 2.45) is 0 Å². The summed E-state index contributed by atoms with van der Waals surface area (Å²) in [5, 5.41) is 1.22. The first kappa shape index (κ1) is 13.1. The number of methoxy groups -OCH3 is 1. The first-order valence-corrected chi connectivity index (χ1v) is 7.63. The van der Waals surface area contributed by atoms with E-state index < -0.39 is 0 Å². The maximum Gasteiger partial charge on any atom is 0.129 e. The van der Waals surface area contributed by atoms with E-state index in [0.29, 0.717) is 0 Å². The fraction of sp³-hybridized carbons (Fsp3) is 0.400. The van der Waals surface area contributed by atoms with E-state index in [1.54, 1.807) is 7.11 Å². The number of nitrogens with zero attached hydrogens (tertiary/aromatic N) is 2. The van der Waals surface area contributed by atoms with Gasteiger partial charge in [0.05, 0.1) is 5.52 Å². The van der Waals surface area contributed by atoms with Crippen molar-refractivity contribution < 1.29 is 4.74 Å². The number of hydrogen-bond acceptors (Lipinski definition) is 3. The van der Waals surface area contributed by atoms with E-state index in [-0.39, 0.29) is 6.23 Å². The Morgan fingerprint density at radius 1 is 1.37 bits per heavy atom. The van der Waals surface area contributed by atoms with Crippen LogP contribution in [0, 0.1) is 10.5 Å². The number of pyridine rings is 1. The van der Waals surface area contributed by atoms with Gasteiger partial charge < -0.3 is 9.64 Å². The highest BCUT2D eigenvalue weighted by Gasteiger charge is 2.26. The molecule has 0 saturated carbocycles. The predicted molar refractivity (Wildman–Crippen MR) is 86.6 cm³/mol. The number of aryl methyl sites for hydroxylation is 1. The van der Waals surface area contributed by atoms with Crippen molar-refractivity contribution in [3.8, 4) is 0 Å².